The maximum Gasteiger partial charge on any atom is 0.416 e. The van der Waals surface area contributed by atoms with Crippen LogP contribution in [-0.2, 0) is 16.4 Å². The number of nitrogens with zero attached hydrogens (tertiary/aromatic N) is 2. The Kier molecular flexibility index (Phi) is 5.66. The summed E-state index contributed by atoms with van der Waals surface area (Å²) >= 11 is 6.02. The van der Waals surface area contributed by atoms with Crippen molar-refractivity contribution in [2.75, 3.05) is 13.1 Å². The average Bonchev–Trinajstić information content (AvgIpc) is 3.38. The van der Waals surface area contributed by atoms with E-state index in [1.54, 1.807) is 17.0 Å². The summed E-state index contributed by atoms with van der Waals surface area (Å²) in [6.07, 6.45) is 0.340. The number of likely N-dealkylation sites (tertiary alicyclic amines) is 1. The van der Waals surface area contributed by atoms with Crippen molar-refractivity contribution in [3.63, 3.8) is 0 Å². The molecule has 4 rings (SSSR count). The quantitative estimate of drug-likeness (QED) is 0.655. The van der Waals surface area contributed by atoms with Crippen molar-refractivity contribution in [1.82, 2.24) is 9.88 Å². The first-order valence-corrected chi connectivity index (χ1v) is 10.4. The zero-order valence-corrected chi connectivity index (χ0v) is 17.0. The standard InChI is InChI=1S/C22H22ClF3N2O2/c23-17-5-3-15(4-6-17)21(9-1-2-10-21)20(29)28-12-8-18(14-28)30-19-13-16(7-11-27-19)22(24,25)26/h3-7,11,13,18H,1-2,8-10,12,14H2. The predicted molar refractivity (Wildman–Crippen MR) is 106 cm³/mol. The summed E-state index contributed by atoms with van der Waals surface area (Å²) in [6, 6.07) is 9.26. The molecule has 1 amide bonds. The van der Waals surface area contributed by atoms with Crippen molar-refractivity contribution in [2.24, 2.45) is 0 Å². The lowest BCUT2D eigenvalue weighted by Gasteiger charge is -2.33. The first-order chi connectivity index (χ1) is 14.3. The van der Waals surface area contributed by atoms with E-state index >= 15 is 0 Å². The van der Waals surface area contributed by atoms with E-state index in [2.05, 4.69) is 4.98 Å². The summed E-state index contributed by atoms with van der Waals surface area (Å²) < 4.78 is 44.4. The number of hydrogen-bond donors (Lipinski definition) is 0. The highest BCUT2D eigenvalue weighted by Gasteiger charge is 2.46. The number of pyridine rings is 1. The third-order valence-corrected chi connectivity index (χ3v) is 6.30. The zero-order valence-electron chi connectivity index (χ0n) is 16.3. The van der Waals surface area contributed by atoms with Crippen LogP contribution in [0.4, 0.5) is 13.2 Å². The van der Waals surface area contributed by atoms with Crippen LogP contribution in [0.25, 0.3) is 0 Å². The summed E-state index contributed by atoms with van der Waals surface area (Å²) in [4.78, 5) is 19.2. The minimum absolute atomic E-state index is 0.0606. The smallest absolute Gasteiger partial charge is 0.416 e. The third-order valence-electron chi connectivity index (χ3n) is 6.05. The van der Waals surface area contributed by atoms with Gasteiger partial charge in [-0.15, -0.1) is 0 Å². The molecule has 1 aromatic carbocycles. The normalized spacial score (nSPS) is 21.1. The van der Waals surface area contributed by atoms with Crippen LogP contribution in [0.3, 0.4) is 0 Å². The van der Waals surface area contributed by atoms with Gasteiger partial charge in [0, 0.05) is 30.3 Å². The Morgan fingerprint density at radius 3 is 2.53 bits per heavy atom. The lowest BCUT2D eigenvalue weighted by atomic mass is 9.77. The molecule has 1 saturated carbocycles. The van der Waals surface area contributed by atoms with Gasteiger partial charge in [-0.3, -0.25) is 4.79 Å². The van der Waals surface area contributed by atoms with E-state index in [1.165, 1.54) is 0 Å². The number of benzene rings is 1. The van der Waals surface area contributed by atoms with E-state index < -0.39 is 17.2 Å². The lowest BCUT2D eigenvalue weighted by Crippen LogP contribution is -2.45. The highest BCUT2D eigenvalue weighted by molar-refractivity contribution is 6.30. The van der Waals surface area contributed by atoms with Crippen LogP contribution >= 0.6 is 11.6 Å². The Hall–Kier alpha value is -2.28. The van der Waals surface area contributed by atoms with Gasteiger partial charge in [0.25, 0.3) is 0 Å². The van der Waals surface area contributed by atoms with Gasteiger partial charge in [-0.2, -0.15) is 13.2 Å². The van der Waals surface area contributed by atoms with Gasteiger partial charge >= 0.3 is 6.18 Å². The maximum atomic E-state index is 13.5. The molecule has 1 atom stereocenters. The molecule has 2 heterocycles. The topological polar surface area (TPSA) is 42.4 Å². The van der Waals surface area contributed by atoms with E-state index in [0.717, 1.165) is 49.6 Å². The molecule has 4 nitrogen and oxygen atoms in total. The SMILES string of the molecule is O=C(N1CCC(Oc2cc(C(F)(F)F)ccn2)C1)C1(c2ccc(Cl)cc2)CCCC1. The van der Waals surface area contributed by atoms with Crippen molar-refractivity contribution in [3.8, 4) is 5.88 Å². The fourth-order valence-corrected chi connectivity index (χ4v) is 4.63. The number of carbonyl (C=O) groups is 1. The molecule has 1 aromatic heterocycles. The minimum Gasteiger partial charge on any atom is -0.472 e. The molecule has 0 radical (unpaired) electrons. The van der Waals surface area contributed by atoms with Crippen LogP contribution in [0.2, 0.25) is 5.02 Å². The van der Waals surface area contributed by atoms with Crippen LogP contribution in [0.1, 0.15) is 43.2 Å². The Balaban J connectivity index is 1.47. The fourth-order valence-electron chi connectivity index (χ4n) is 4.51. The van der Waals surface area contributed by atoms with Crippen LogP contribution in [0.5, 0.6) is 5.88 Å². The van der Waals surface area contributed by atoms with Crippen molar-refractivity contribution in [1.29, 1.82) is 0 Å². The molecule has 1 saturated heterocycles. The van der Waals surface area contributed by atoms with E-state index in [0.29, 0.717) is 24.5 Å². The van der Waals surface area contributed by atoms with Crippen molar-refractivity contribution in [3.05, 3.63) is 58.7 Å². The van der Waals surface area contributed by atoms with Gasteiger partial charge in [-0.05, 0) is 36.6 Å². The molecular weight excluding hydrogens is 417 g/mol. The van der Waals surface area contributed by atoms with Crippen molar-refractivity contribution in [2.45, 2.75) is 49.8 Å². The lowest BCUT2D eigenvalue weighted by molar-refractivity contribution is -0.138. The summed E-state index contributed by atoms with van der Waals surface area (Å²) in [6.45, 7) is 0.851. The first kappa shape index (κ1) is 21.0. The number of rotatable bonds is 4. The van der Waals surface area contributed by atoms with Crippen LogP contribution in [0, 0.1) is 0 Å². The van der Waals surface area contributed by atoms with Gasteiger partial charge < -0.3 is 9.64 Å². The van der Waals surface area contributed by atoms with Crippen LogP contribution in [-0.4, -0.2) is 35.0 Å². The van der Waals surface area contributed by atoms with Gasteiger partial charge in [0.05, 0.1) is 17.5 Å². The Bertz CT molecular complexity index is 911. The van der Waals surface area contributed by atoms with E-state index in [9.17, 15) is 18.0 Å². The molecule has 160 valence electrons. The Labute approximate surface area is 178 Å². The van der Waals surface area contributed by atoms with E-state index in [-0.39, 0.29) is 17.9 Å². The number of halogens is 4. The number of alkyl halides is 3. The zero-order chi connectivity index (χ0) is 21.4. The monoisotopic (exact) mass is 438 g/mol. The number of amides is 1. The fraction of sp³-hybridized carbons (Fsp3) is 0.455. The van der Waals surface area contributed by atoms with Gasteiger partial charge in [-0.1, -0.05) is 36.6 Å². The number of hydrogen-bond acceptors (Lipinski definition) is 3. The molecule has 30 heavy (non-hydrogen) atoms. The number of ether oxygens (including phenoxy) is 1. The van der Waals surface area contributed by atoms with Crippen molar-refractivity contribution >= 4 is 17.5 Å². The van der Waals surface area contributed by atoms with Gasteiger partial charge in [0.1, 0.15) is 6.10 Å². The van der Waals surface area contributed by atoms with Gasteiger partial charge in [0.15, 0.2) is 0 Å². The molecule has 1 aliphatic heterocycles. The molecule has 1 aliphatic carbocycles. The highest BCUT2D eigenvalue weighted by atomic mass is 35.5. The van der Waals surface area contributed by atoms with Gasteiger partial charge in [-0.25, -0.2) is 4.98 Å². The number of carbonyl (C=O) groups excluding carboxylic acids is 1. The van der Waals surface area contributed by atoms with Crippen LogP contribution < -0.4 is 4.74 Å². The second kappa shape index (κ2) is 8.10. The Morgan fingerprint density at radius 2 is 1.87 bits per heavy atom. The predicted octanol–water partition coefficient (Wildman–Crippen LogP) is 5.25. The molecule has 0 N–H and O–H groups in total. The molecule has 0 spiro atoms. The summed E-state index contributed by atoms with van der Waals surface area (Å²) in [5, 5.41) is 0.627. The maximum absolute atomic E-state index is 13.5. The largest absolute Gasteiger partial charge is 0.472 e. The first-order valence-electron chi connectivity index (χ1n) is 10.0. The molecule has 2 aliphatic rings. The second-order valence-electron chi connectivity index (χ2n) is 7.96. The number of aromatic nitrogens is 1. The van der Waals surface area contributed by atoms with Crippen molar-refractivity contribution < 1.29 is 22.7 Å². The summed E-state index contributed by atoms with van der Waals surface area (Å²) in [5.41, 5.74) is -0.391. The van der Waals surface area contributed by atoms with Gasteiger partial charge in [0.2, 0.25) is 11.8 Å². The third kappa shape index (κ3) is 4.13. The molecule has 2 aromatic rings. The van der Waals surface area contributed by atoms with Crippen LogP contribution in [0.15, 0.2) is 42.6 Å². The molecule has 8 heteroatoms. The Morgan fingerprint density at radius 1 is 1.17 bits per heavy atom. The molecule has 2 fully saturated rings. The van der Waals surface area contributed by atoms with E-state index in [4.69, 9.17) is 16.3 Å². The second-order valence-corrected chi connectivity index (χ2v) is 8.39. The minimum atomic E-state index is -4.45. The summed E-state index contributed by atoms with van der Waals surface area (Å²) in [7, 11) is 0. The highest BCUT2D eigenvalue weighted by Crippen LogP contribution is 2.43. The molecule has 0 bridgehead atoms. The molecular formula is C22H22ClF3N2O2. The summed E-state index contributed by atoms with van der Waals surface area (Å²) in [5.74, 6) is -0.0113. The molecule has 1 unspecified atom stereocenters. The average molecular weight is 439 g/mol. The van der Waals surface area contributed by atoms with E-state index in [1.807, 2.05) is 12.1 Å².